The van der Waals surface area contributed by atoms with E-state index >= 15 is 0 Å². The van der Waals surface area contributed by atoms with Crippen molar-refractivity contribution in [1.82, 2.24) is 28.7 Å². The second-order valence-corrected chi connectivity index (χ2v) is 17.1. The van der Waals surface area contributed by atoms with E-state index in [4.69, 9.17) is 19.4 Å². The summed E-state index contributed by atoms with van der Waals surface area (Å²) < 4.78 is 13.3. The van der Waals surface area contributed by atoms with E-state index in [1.807, 2.05) is 66.7 Å². The van der Waals surface area contributed by atoms with Crippen molar-refractivity contribution in [2.24, 2.45) is 0 Å². The summed E-state index contributed by atoms with van der Waals surface area (Å²) in [6, 6.07) is 67.7. The van der Waals surface area contributed by atoms with Gasteiger partial charge >= 0.3 is 0 Å². The highest BCUT2D eigenvalue weighted by atomic mass is 16.3. The van der Waals surface area contributed by atoms with Crippen LogP contribution in [0.15, 0.2) is 212 Å². The molecule has 0 fully saturated rings. The number of hydrogen-bond donors (Lipinski definition) is 0. The van der Waals surface area contributed by atoms with Crippen LogP contribution in [0.3, 0.4) is 0 Å². The predicted octanol–water partition coefficient (Wildman–Crippen LogP) is 15.4. The molecule has 0 radical (unpaired) electrons. The van der Waals surface area contributed by atoms with Gasteiger partial charge in [0.25, 0.3) is 0 Å². The number of para-hydroxylation sites is 3. The third-order valence-electron chi connectivity index (χ3n) is 13.0. The van der Waals surface area contributed by atoms with Crippen molar-refractivity contribution in [2.75, 3.05) is 0 Å². The Hall–Kier alpha value is -9.07. The number of rotatable bonds is 8. The Labute approximate surface area is 385 Å². The normalized spacial score (nSPS) is 11.8. The molecule has 0 unspecified atom stereocenters. The number of aromatic nitrogens is 6. The lowest BCUT2D eigenvalue weighted by Crippen LogP contribution is -2.06. The van der Waals surface area contributed by atoms with Gasteiger partial charge < -0.3 is 13.6 Å². The van der Waals surface area contributed by atoms with Crippen LogP contribution in [0.2, 0.25) is 0 Å². The maximum atomic E-state index is 6.37. The van der Waals surface area contributed by atoms with E-state index in [2.05, 4.69) is 167 Å². The van der Waals surface area contributed by atoms with E-state index in [0.29, 0.717) is 17.6 Å². The third kappa shape index (κ3) is 5.95. The van der Waals surface area contributed by atoms with Gasteiger partial charge in [-0.15, -0.1) is 0 Å². The summed E-state index contributed by atoms with van der Waals surface area (Å²) in [5, 5.41) is 6.48. The molecule has 0 bridgehead atoms. The van der Waals surface area contributed by atoms with E-state index < -0.39 is 0 Å². The lowest BCUT2D eigenvalue weighted by molar-refractivity contribution is 0.669. The molecule has 0 N–H and O–H groups in total. The summed E-state index contributed by atoms with van der Waals surface area (Å²) in [6.45, 7) is 10.8. The topological polar surface area (TPSA) is 66.6 Å². The molecule has 0 aliphatic heterocycles. The van der Waals surface area contributed by atoms with Crippen molar-refractivity contribution in [2.45, 2.75) is 6.92 Å². The Bertz CT molecular complexity index is 4130. The summed E-state index contributed by atoms with van der Waals surface area (Å²) in [5.41, 5.74) is 14.8. The zero-order valence-corrected chi connectivity index (χ0v) is 36.6. The molecule has 8 aromatic carbocycles. The number of furan rings is 1. The van der Waals surface area contributed by atoms with Crippen LogP contribution in [0.1, 0.15) is 18.2 Å². The first kappa shape index (κ1) is 38.4. The molecule has 0 saturated carbocycles. The van der Waals surface area contributed by atoms with Gasteiger partial charge in [0.05, 0.1) is 33.5 Å². The van der Waals surface area contributed by atoms with Gasteiger partial charge in [-0.2, -0.15) is 9.97 Å². The standard InChI is InChI=1S/C60H40N6O/c1-4-43-48-35-42(29-32-51(48)65(56(43)37(2)3)41-22-12-7-13-23-41)64-52-33-31-47-44-24-14-16-26-50(44)66(57(47)49(52)36-53(64)38-18-8-5-9-19-38)60-62-58(39-20-10-6-11-21-39)61-59(63-60)40-28-30-46-45-25-15-17-27-54(45)67-55(46)34-40/h4-36H,1-2H2,3H3. The highest BCUT2D eigenvalue weighted by Crippen LogP contribution is 2.43. The predicted molar refractivity (Wildman–Crippen MR) is 276 cm³/mol. The second kappa shape index (κ2) is 15.0. The number of nitrogens with zero attached hydrogens (tertiary/aromatic N) is 6. The number of fused-ring (bicyclic) bond motifs is 9. The quantitative estimate of drug-likeness (QED) is 0.153. The monoisotopic (exact) mass is 860 g/mol. The highest BCUT2D eigenvalue weighted by Gasteiger charge is 2.24. The SMILES string of the molecule is C=Cc1c(C(=C)C)n(-c2ccccc2)c2ccc(-n3c(-c4ccccc4)cc4c3ccc3c5ccccc5n(-c5nc(-c6ccccc6)nc(-c6ccc7c(c6)oc6ccccc67)n5)c34)cc12. The highest BCUT2D eigenvalue weighted by molar-refractivity contribution is 6.19. The van der Waals surface area contributed by atoms with E-state index in [1.54, 1.807) is 0 Å². The average Bonchev–Trinajstić information content (AvgIpc) is 4.14. The van der Waals surface area contributed by atoms with Gasteiger partial charge in [-0.1, -0.05) is 147 Å². The van der Waals surface area contributed by atoms with Gasteiger partial charge in [-0.05, 0) is 84.8 Å². The number of hydrogen-bond acceptors (Lipinski definition) is 4. The lowest BCUT2D eigenvalue weighted by Gasteiger charge is -2.14. The summed E-state index contributed by atoms with van der Waals surface area (Å²) in [5.74, 6) is 1.65. The van der Waals surface area contributed by atoms with E-state index in [-0.39, 0.29) is 0 Å². The summed E-state index contributed by atoms with van der Waals surface area (Å²) in [4.78, 5) is 15.8. The van der Waals surface area contributed by atoms with Crippen LogP contribution >= 0.6 is 0 Å². The Kier molecular flexibility index (Phi) is 8.60. The maximum absolute atomic E-state index is 6.37. The van der Waals surface area contributed by atoms with Crippen LogP contribution in [-0.2, 0) is 0 Å². The first-order valence-electron chi connectivity index (χ1n) is 22.4. The van der Waals surface area contributed by atoms with Crippen LogP contribution in [-0.4, -0.2) is 28.7 Å². The van der Waals surface area contributed by atoms with E-state index in [9.17, 15) is 0 Å². The molecule has 5 heterocycles. The van der Waals surface area contributed by atoms with Crippen LogP contribution in [0.25, 0.3) is 129 Å². The molecule has 5 aromatic heterocycles. The van der Waals surface area contributed by atoms with Gasteiger partial charge in [-0.3, -0.25) is 4.57 Å². The van der Waals surface area contributed by atoms with Crippen LogP contribution in [0.4, 0.5) is 0 Å². The van der Waals surface area contributed by atoms with Crippen LogP contribution < -0.4 is 0 Å². The zero-order chi connectivity index (χ0) is 44.8. The fourth-order valence-corrected chi connectivity index (χ4v) is 10.1. The van der Waals surface area contributed by atoms with Crippen LogP contribution in [0.5, 0.6) is 0 Å². The van der Waals surface area contributed by atoms with E-state index in [0.717, 1.165) is 116 Å². The molecule has 0 aliphatic carbocycles. The minimum absolute atomic E-state index is 0.521. The molecular weight excluding hydrogens is 821 g/mol. The second-order valence-electron chi connectivity index (χ2n) is 17.1. The fourth-order valence-electron chi connectivity index (χ4n) is 10.1. The summed E-state index contributed by atoms with van der Waals surface area (Å²) in [6.07, 6.45) is 1.96. The molecule has 0 saturated heterocycles. The van der Waals surface area contributed by atoms with Crippen molar-refractivity contribution in [3.8, 4) is 51.4 Å². The Morgan fingerprint density at radius 2 is 1.07 bits per heavy atom. The molecule has 316 valence electrons. The summed E-state index contributed by atoms with van der Waals surface area (Å²) >= 11 is 0. The van der Waals surface area contributed by atoms with Crippen molar-refractivity contribution in [3.63, 3.8) is 0 Å². The maximum Gasteiger partial charge on any atom is 0.238 e. The van der Waals surface area contributed by atoms with Crippen molar-refractivity contribution in [3.05, 3.63) is 219 Å². The molecule has 0 amide bonds. The first-order chi connectivity index (χ1) is 33.0. The Morgan fingerprint density at radius 1 is 0.463 bits per heavy atom. The smallest absolute Gasteiger partial charge is 0.238 e. The van der Waals surface area contributed by atoms with Gasteiger partial charge in [0.2, 0.25) is 5.95 Å². The molecule has 7 nitrogen and oxygen atoms in total. The Morgan fingerprint density at radius 3 is 1.84 bits per heavy atom. The van der Waals surface area contributed by atoms with Gasteiger partial charge in [-0.25, -0.2) is 4.98 Å². The first-order valence-corrected chi connectivity index (χ1v) is 22.4. The molecule has 67 heavy (non-hydrogen) atoms. The zero-order valence-electron chi connectivity index (χ0n) is 36.6. The van der Waals surface area contributed by atoms with Gasteiger partial charge in [0.1, 0.15) is 11.2 Å². The molecule has 0 atom stereocenters. The van der Waals surface area contributed by atoms with Crippen molar-refractivity contribution >= 4 is 77.2 Å². The average molecular weight is 861 g/mol. The van der Waals surface area contributed by atoms with E-state index in [1.165, 1.54) is 0 Å². The number of allylic oxidation sites excluding steroid dienone is 1. The molecule has 0 spiro atoms. The van der Waals surface area contributed by atoms with Crippen molar-refractivity contribution in [1.29, 1.82) is 0 Å². The van der Waals surface area contributed by atoms with Crippen LogP contribution in [0, 0.1) is 0 Å². The largest absolute Gasteiger partial charge is 0.456 e. The van der Waals surface area contributed by atoms with Gasteiger partial charge in [0.15, 0.2) is 11.6 Å². The minimum Gasteiger partial charge on any atom is -0.456 e. The van der Waals surface area contributed by atoms with Gasteiger partial charge in [0, 0.05) is 60.4 Å². The third-order valence-corrected chi connectivity index (χ3v) is 13.0. The van der Waals surface area contributed by atoms with Crippen molar-refractivity contribution < 1.29 is 4.42 Å². The fraction of sp³-hybridized carbons (Fsp3) is 0.0167. The molecule has 0 aliphatic rings. The minimum atomic E-state index is 0.521. The molecular formula is C60H40N6O. The Balaban J connectivity index is 1.10. The summed E-state index contributed by atoms with van der Waals surface area (Å²) in [7, 11) is 0. The number of benzene rings is 8. The molecule has 13 rings (SSSR count). The molecule has 7 heteroatoms. The molecule has 13 aromatic rings. The lowest BCUT2D eigenvalue weighted by atomic mass is 10.1.